The van der Waals surface area contributed by atoms with Gasteiger partial charge in [0.15, 0.2) is 0 Å². The van der Waals surface area contributed by atoms with Gasteiger partial charge in [0.25, 0.3) is 0 Å². The summed E-state index contributed by atoms with van der Waals surface area (Å²) in [6.07, 6.45) is 0.940. The Bertz CT molecular complexity index is 666. The lowest BCUT2D eigenvalue weighted by Crippen LogP contribution is -2.24. The van der Waals surface area contributed by atoms with Crippen molar-refractivity contribution in [3.63, 3.8) is 0 Å². The zero-order valence-electron chi connectivity index (χ0n) is 12.6. The average molecular weight is 302 g/mol. The first kappa shape index (κ1) is 14.4. The molecule has 0 spiro atoms. The fourth-order valence-corrected chi connectivity index (χ4v) is 3.26. The van der Waals surface area contributed by atoms with Gasteiger partial charge in [-0.1, -0.05) is 41.9 Å². The Hall–Kier alpha value is -1.51. The Morgan fingerprint density at radius 1 is 1.19 bits per heavy atom. The van der Waals surface area contributed by atoms with Gasteiger partial charge in [0, 0.05) is 11.4 Å². The summed E-state index contributed by atoms with van der Waals surface area (Å²) in [6, 6.07) is 14.5. The van der Waals surface area contributed by atoms with E-state index in [-0.39, 0.29) is 11.6 Å². The van der Waals surface area contributed by atoms with Gasteiger partial charge in [-0.3, -0.25) is 0 Å². The van der Waals surface area contributed by atoms with Crippen LogP contribution in [-0.2, 0) is 6.42 Å². The van der Waals surface area contributed by atoms with Gasteiger partial charge in [-0.25, -0.2) is 0 Å². The van der Waals surface area contributed by atoms with Crippen molar-refractivity contribution in [2.24, 2.45) is 0 Å². The molecule has 0 aromatic heterocycles. The largest absolute Gasteiger partial charge is 0.487 e. The van der Waals surface area contributed by atoms with Crippen LogP contribution in [0.4, 0.5) is 0 Å². The maximum atomic E-state index is 6.35. The standard InChI is InChI=1S/C18H20ClNO/c1-18(2)11-13-10-12(8-9-16(13)21-18)17(20-3)14-6-4-5-7-15(14)19/h4-10,17,20H,11H2,1-3H3. The van der Waals surface area contributed by atoms with Crippen molar-refractivity contribution in [3.05, 3.63) is 64.2 Å². The van der Waals surface area contributed by atoms with E-state index in [0.29, 0.717) is 0 Å². The van der Waals surface area contributed by atoms with Crippen LogP contribution in [0.5, 0.6) is 5.75 Å². The monoisotopic (exact) mass is 301 g/mol. The molecule has 1 N–H and O–H groups in total. The second-order valence-corrected chi connectivity index (χ2v) is 6.56. The van der Waals surface area contributed by atoms with E-state index in [1.54, 1.807) is 0 Å². The molecule has 2 aromatic rings. The predicted molar refractivity (Wildman–Crippen MR) is 87.2 cm³/mol. The molecule has 0 saturated carbocycles. The molecule has 3 heteroatoms. The van der Waals surface area contributed by atoms with Gasteiger partial charge in [0.1, 0.15) is 11.4 Å². The molecular weight excluding hydrogens is 282 g/mol. The van der Waals surface area contributed by atoms with Crippen LogP contribution in [0.15, 0.2) is 42.5 Å². The van der Waals surface area contributed by atoms with Crippen LogP contribution in [0.1, 0.15) is 36.6 Å². The Morgan fingerprint density at radius 3 is 2.67 bits per heavy atom. The van der Waals surface area contributed by atoms with Crippen molar-refractivity contribution >= 4 is 11.6 Å². The van der Waals surface area contributed by atoms with Crippen molar-refractivity contribution in [2.45, 2.75) is 31.9 Å². The van der Waals surface area contributed by atoms with Crippen molar-refractivity contribution in [3.8, 4) is 5.75 Å². The number of hydrogen-bond donors (Lipinski definition) is 1. The molecule has 1 heterocycles. The number of rotatable bonds is 3. The highest BCUT2D eigenvalue weighted by molar-refractivity contribution is 6.31. The molecule has 0 fully saturated rings. The van der Waals surface area contributed by atoms with Gasteiger partial charge in [0.05, 0.1) is 6.04 Å². The minimum Gasteiger partial charge on any atom is -0.487 e. The third-order valence-electron chi connectivity index (χ3n) is 3.93. The van der Waals surface area contributed by atoms with Gasteiger partial charge in [0.2, 0.25) is 0 Å². The summed E-state index contributed by atoms with van der Waals surface area (Å²) in [6.45, 7) is 4.24. The highest BCUT2D eigenvalue weighted by Gasteiger charge is 2.30. The van der Waals surface area contributed by atoms with Crippen LogP contribution in [0.3, 0.4) is 0 Å². The lowest BCUT2D eigenvalue weighted by atomic mass is 9.94. The van der Waals surface area contributed by atoms with Crippen LogP contribution in [0, 0.1) is 0 Å². The minimum absolute atomic E-state index is 0.0905. The summed E-state index contributed by atoms with van der Waals surface area (Å²) < 4.78 is 5.95. The Kier molecular flexibility index (Phi) is 3.68. The Balaban J connectivity index is 1.99. The van der Waals surface area contributed by atoms with Gasteiger partial charge < -0.3 is 10.1 Å². The first-order valence-electron chi connectivity index (χ1n) is 7.24. The van der Waals surface area contributed by atoms with Crippen molar-refractivity contribution < 1.29 is 4.74 Å². The highest BCUT2D eigenvalue weighted by atomic mass is 35.5. The summed E-state index contributed by atoms with van der Waals surface area (Å²) in [5, 5.41) is 4.15. The van der Waals surface area contributed by atoms with Crippen LogP contribution in [-0.4, -0.2) is 12.6 Å². The third kappa shape index (κ3) is 2.78. The molecule has 1 aliphatic rings. The van der Waals surface area contributed by atoms with Gasteiger partial charge in [-0.05, 0) is 49.7 Å². The van der Waals surface area contributed by atoms with Crippen LogP contribution in [0.2, 0.25) is 5.02 Å². The van der Waals surface area contributed by atoms with E-state index in [2.05, 4.69) is 43.4 Å². The predicted octanol–water partition coefficient (Wildman–Crippen LogP) is 4.36. The van der Waals surface area contributed by atoms with Crippen molar-refractivity contribution in [1.29, 1.82) is 0 Å². The number of nitrogens with one attached hydrogen (secondary N) is 1. The topological polar surface area (TPSA) is 21.3 Å². The average Bonchev–Trinajstić information content (AvgIpc) is 2.75. The van der Waals surface area contributed by atoms with E-state index >= 15 is 0 Å². The maximum absolute atomic E-state index is 6.35. The molecule has 1 atom stereocenters. The van der Waals surface area contributed by atoms with Gasteiger partial charge in [-0.2, -0.15) is 0 Å². The van der Waals surface area contributed by atoms with E-state index in [4.69, 9.17) is 16.3 Å². The fraction of sp³-hybridized carbons (Fsp3) is 0.333. The first-order chi connectivity index (χ1) is 10.00. The summed E-state index contributed by atoms with van der Waals surface area (Å²) in [7, 11) is 1.96. The van der Waals surface area contributed by atoms with Crippen LogP contribution >= 0.6 is 11.6 Å². The first-order valence-corrected chi connectivity index (χ1v) is 7.61. The molecule has 0 aliphatic carbocycles. The Labute approximate surface area is 131 Å². The normalized spacial score (nSPS) is 17.1. The smallest absolute Gasteiger partial charge is 0.123 e. The zero-order chi connectivity index (χ0) is 15.0. The number of ether oxygens (including phenoxy) is 1. The fourth-order valence-electron chi connectivity index (χ4n) is 3.02. The molecule has 0 bridgehead atoms. The summed E-state index contributed by atoms with van der Waals surface area (Å²) in [5.74, 6) is 0.998. The molecular formula is C18H20ClNO. The van der Waals surface area contributed by atoms with Gasteiger partial charge >= 0.3 is 0 Å². The molecule has 1 aliphatic heterocycles. The zero-order valence-corrected chi connectivity index (χ0v) is 13.4. The van der Waals surface area contributed by atoms with E-state index in [0.717, 1.165) is 22.8 Å². The van der Waals surface area contributed by atoms with Crippen molar-refractivity contribution in [1.82, 2.24) is 5.32 Å². The minimum atomic E-state index is -0.111. The van der Waals surface area contributed by atoms with Crippen LogP contribution < -0.4 is 10.1 Å². The van der Waals surface area contributed by atoms with E-state index in [1.165, 1.54) is 11.1 Å². The molecule has 2 aromatic carbocycles. The van der Waals surface area contributed by atoms with Crippen LogP contribution in [0.25, 0.3) is 0 Å². The highest BCUT2D eigenvalue weighted by Crippen LogP contribution is 2.37. The molecule has 21 heavy (non-hydrogen) atoms. The Morgan fingerprint density at radius 2 is 1.95 bits per heavy atom. The number of hydrogen-bond acceptors (Lipinski definition) is 2. The lowest BCUT2D eigenvalue weighted by molar-refractivity contribution is 0.138. The van der Waals surface area contributed by atoms with Gasteiger partial charge in [-0.15, -0.1) is 0 Å². The molecule has 110 valence electrons. The SMILES string of the molecule is CNC(c1ccc2c(c1)CC(C)(C)O2)c1ccccc1Cl. The molecule has 0 saturated heterocycles. The molecule has 0 amide bonds. The summed E-state index contributed by atoms with van der Waals surface area (Å²) in [5.41, 5.74) is 3.47. The van der Waals surface area contributed by atoms with E-state index in [9.17, 15) is 0 Å². The van der Waals surface area contributed by atoms with E-state index < -0.39 is 0 Å². The number of halogens is 1. The molecule has 1 unspecified atom stereocenters. The quantitative estimate of drug-likeness (QED) is 0.909. The second-order valence-electron chi connectivity index (χ2n) is 6.15. The summed E-state index contributed by atoms with van der Waals surface area (Å²) in [4.78, 5) is 0. The molecule has 0 radical (unpaired) electrons. The van der Waals surface area contributed by atoms with E-state index in [1.807, 2.05) is 25.2 Å². The number of fused-ring (bicyclic) bond motifs is 1. The number of benzene rings is 2. The molecule has 3 rings (SSSR count). The molecule has 2 nitrogen and oxygen atoms in total. The second kappa shape index (κ2) is 5.36. The third-order valence-corrected chi connectivity index (χ3v) is 4.27. The summed E-state index contributed by atoms with van der Waals surface area (Å²) >= 11 is 6.35. The lowest BCUT2D eigenvalue weighted by Gasteiger charge is -2.19. The van der Waals surface area contributed by atoms with Crippen molar-refractivity contribution in [2.75, 3.05) is 7.05 Å². The maximum Gasteiger partial charge on any atom is 0.123 e.